The third kappa shape index (κ3) is 3.67. The fraction of sp³-hybridized carbons (Fsp3) is 0.708. The molecule has 1 aromatic heterocycles. The molecule has 0 radical (unpaired) electrons. The summed E-state index contributed by atoms with van der Waals surface area (Å²) in [5.74, 6) is 0.808. The lowest BCUT2D eigenvalue weighted by atomic mass is 9.65. The predicted molar refractivity (Wildman–Crippen MR) is 112 cm³/mol. The average molecular weight is 387 g/mol. The molecule has 2 bridgehead atoms. The van der Waals surface area contributed by atoms with E-state index in [1.807, 2.05) is 19.2 Å². The van der Waals surface area contributed by atoms with Gasteiger partial charge in [-0.25, -0.2) is 4.39 Å². The number of rotatable bonds is 4. The van der Waals surface area contributed by atoms with Crippen LogP contribution in [-0.4, -0.2) is 34.1 Å². The van der Waals surface area contributed by atoms with Crippen LogP contribution in [-0.2, 0) is 6.54 Å². The van der Waals surface area contributed by atoms with E-state index in [-0.39, 0.29) is 16.7 Å². The zero-order chi connectivity index (χ0) is 20.3. The highest BCUT2D eigenvalue weighted by atomic mass is 19.1. The lowest BCUT2D eigenvalue weighted by Crippen LogP contribution is -2.40. The third-order valence-corrected chi connectivity index (χ3v) is 6.89. The van der Waals surface area contributed by atoms with Crippen LogP contribution in [0.2, 0.25) is 0 Å². The van der Waals surface area contributed by atoms with Gasteiger partial charge in [0.15, 0.2) is 0 Å². The minimum atomic E-state index is -1.03. The van der Waals surface area contributed by atoms with Crippen molar-refractivity contribution in [3.05, 3.63) is 22.3 Å². The van der Waals surface area contributed by atoms with Crippen molar-refractivity contribution in [2.45, 2.75) is 85.5 Å². The van der Waals surface area contributed by atoms with Crippen LogP contribution in [0, 0.1) is 16.7 Å². The molecule has 3 nitrogen and oxygen atoms in total. The summed E-state index contributed by atoms with van der Waals surface area (Å²) in [5.41, 5.74) is 1.26. The van der Waals surface area contributed by atoms with Crippen molar-refractivity contribution in [2.75, 3.05) is 6.54 Å². The molecule has 3 atom stereocenters. The number of fused-ring (bicyclic) bond motifs is 2. The number of amides is 1. The number of carbonyl (C=O) groups is 1. The van der Waals surface area contributed by atoms with E-state index in [0.29, 0.717) is 12.0 Å². The molecule has 1 aromatic rings. The number of carbonyl (C=O) groups excluding carboxylic acids is 1. The topological polar surface area (TPSA) is 25.2 Å². The lowest BCUT2D eigenvalue weighted by Gasteiger charge is -2.39. The normalized spacial score (nSPS) is 31.5. The second-order valence-corrected chi connectivity index (χ2v) is 10.7. The van der Waals surface area contributed by atoms with Crippen molar-refractivity contribution >= 4 is 18.1 Å². The van der Waals surface area contributed by atoms with E-state index < -0.39 is 6.17 Å². The molecule has 2 heterocycles. The fourth-order valence-electron chi connectivity index (χ4n) is 6.05. The molecule has 1 saturated heterocycles. The zero-order valence-corrected chi connectivity index (χ0v) is 18.1. The van der Waals surface area contributed by atoms with E-state index in [1.165, 1.54) is 19.3 Å². The SMILES string of the molecule is C/C=c1/c(C(=O)N2CC3(C)CC2CC(C)(C)C3)cn(CC2CC2)/c1=C/C(C)F. The maximum atomic E-state index is 13.9. The van der Waals surface area contributed by atoms with Crippen LogP contribution in [0.5, 0.6) is 0 Å². The van der Waals surface area contributed by atoms with Gasteiger partial charge in [-0.2, -0.15) is 0 Å². The number of hydrogen-bond donors (Lipinski definition) is 0. The van der Waals surface area contributed by atoms with Crippen molar-refractivity contribution in [2.24, 2.45) is 16.7 Å². The summed E-state index contributed by atoms with van der Waals surface area (Å²) < 4.78 is 16.0. The van der Waals surface area contributed by atoms with E-state index >= 15 is 0 Å². The molecule has 28 heavy (non-hydrogen) atoms. The van der Waals surface area contributed by atoms with Gasteiger partial charge in [0.2, 0.25) is 0 Å². The molecule has 0 spiro atoms. The average Bonchev–Trinajstić information content (AvgIpc) is 3.26. The molecule has 4 heteroatoms. The first kappa shape index (κ1) is 19.7. The van der Waals surface area contributed by atoms with Gasteiger partial charge in [0, 0.05) is 35.9 Å². The Morgan fingerprint density at radius 3 is 2.64 bits per heavy atom. The molecular weight excluding hydrogens is 351 g/mol. The molecule has 3 unspecified atom stereocenters. The molecular formula is C24H35FN2O. The van der Waals surface area contributed by atoms with Gasteiger partial charge in [-0.1, -0.05) is 26.8 Å². The number of aromatic nitrogens is 1. The summed E-state index contributed by atoms with van der Waals surface area (Å²) in [4.78, 5) is 15.8. The van der Waals surface area contributed by atoms with Crippen LogP contribution in [0.3, 0.4) is 0 Å². The molecule has 0 N–H and O–H groups in total. The van der Waals surface area contributed by atoms with Crippen LogP contribution < -0.4 is 10.6 Å². The molecule has 2 aliphatic carbocycles. The first-order valence-electron chi connectivity index (χ1n) is 10.9. The van der Waals surface area contributed by atoms with Crippen LogP contribution in [0.15, 0.2) is 6.20 Å². The number of hydrogen-bond acceptors (Lipinski definition) is 1. The lowest BCUT2D eigenvalue weighted by molar-refractivity contribution is 0.0707. The van der Waals surface area contributed by atoms with Gasteiger partial charge in [0.1, 0.15) is 6.17 Å². The van der Waals surface area contributed by atoms with Crippen molar-refractivity contribution in [1.29, 1.82) is 0 Å². The Hall–Kier alpha value is -1.58. The van der Waals surface area contributed by atoms with Crippen LogP contribution in [0.25, 0.3) is 12.2 Å². The van der Waals surface area contributed by atoms with Crippen molar-refractivity contribution < 1.29 is 9.18 Å². The second kappa shape index (κ2) is 6.74. The summed E-state index contributed by atoms with van der Waals surface area (Å²) in [7, 11) is 0. The Balaban J connectivity index is 1.73. The van der Waals surface area contributed by atoms with E-state index in [9.17, 15) is 9.18 Å². The Labute approximate surface area is 168 Å². The molecule has 3 aliphatic rings. The highest BCUT2D eigenvalue weighted by Crippen LogP contribution is 2.52. The van der Waals surface area contributed by atoms with Gasteiger partial charge in [-0.05, 0) is 68.8 Å². The van der Waals surface area contributed by atoms with Crippen molar-refractivity contribution in [3.8, 4) is 0 Å². The molecule has 1 aliphatic heterocycles. The summed E-state index contributed by atoms with van der Waals surface area (Å²) in [6, 6.07) is 0.324. The summed E-state index contributed by atoms with van der Waals surface area (Å²) in [5, 5.41) is 1.78. The second-order valence-electron chi connectivity index (χ2n) is 10.7. The van der Waals surface area contributed by atoms with Gasteiger partial charge in [0.25, 0.3) is 5.91 Å². The minimum Gasteiger partial charge on any atom is -0.347 e. The van der Waals surface area contributed by atoms with Crippen molar-refractivity contribution in [1.82, 2.24) is 9.47 Å². The molecule has 0 aromatic carbocycles. The zero-order valence-electron chi connectivity index (χ0n) is 18.1. The summed E-state index contributed by atoms with van der Waals surface area (Å²) >= 11 is 0. The van der Waals surface area contributed by atoms with Crippen molar-refractivity contribution in [3.63, 3.8) is 0 Å². The minimum absolute atomic E-state index is 0.134. The standard InChI is InChI=1S/C24H35FN2O/c1-6-19-20(13-26(12-17-7-8-17)21(19)9-16(2)25)22(28)27-15-24(5)11-18(27)10-23(3,4)14-24/h6,9,13,16-18H,7-8,10-12,14-15H2,1-5H3/b19-6-,21-9+. The third-order valence-electron chi connectivity index (χ3n) is 6.89. The molecule has 1 amide bonds. The maximum Gasteiger partial charge on any atom is 0.256 e. The Bertz CT molecular complexity index is 892. The molecule has 3 fully saturated rings. The first-order valence-corrected chi connectivity index (χ1v) is 10.9. The highest BCUT2D eigenvalue weighted by molar-refractivity contribution is 5.95. The monoisotopic (exact) mass is 386 g/mol. The summed E-state index contributed by atoms with van der Waals surface area (Å²) in [6.07, 6.45) is 10.4. The van der Waals surface area contributed by atoms with Crippen LogP contribution in [0.1, 0.15) is 77.1 Å². The number of halogens is 1. The quantitative estimate of drug-likeness (QED) is 0.771. The van der Waals surface area contributed by atoms with Gasteiger partial charge in [0.05, 0.1) is 5.56 Å². The number of nitrogens with zero attached hydrogens (tertiary/aromatic N) is 2. The Morgan fingerprint density at radius 1 is 1.32 bits per heavy atom. The van der Waals surface area contributed by atoms with Gasteiger partial charge < -0.3 is 9.47 Å². The van der Waals surface area contributed by atoms with Gasteiger partial charge in [-0.3, -0.25) is 4.79 Å². The highest BCUT2D eigenvalue weighted by Gasteiger charge is 2.51. The number of likely N-dealkylation sites (tertiary alicyclic amines) is 1. The van der Waals surface area contributed by atoms with Crippen LogP contribution >= 0.6 is 0 Å². The first-order chi connectivity index (χ1) is 13.1. The molecule has 154 valence electrons. The predicted octanol–water partition coefficient (Wildman–Crippen LogP) is 3.88. The Kier molecular flexibility index (Phi) is 4.75. The molecule has 2 saturated carbocycles. The smallest absolute Gasteiger partial charge is 0.256 e. The van der Waals surface area contributed by atoms with E-state index in [1.54, 1.807) is 13.0 Å². The molecule has 4 rings (SSSR count). The van der Waals surface area contributed by atoms with E-state index in [0.717, 1.165) is 42.1 Å². The van der Waals surface area contributed by atoms with Gasteiger partial charge >= 0.3 is 0 Å². The summed E-state index contributed by atoms with van der Waals surface area (Å²) in [6.45, 7) is 12.2. The van der Waals surface area contributed by atoms with Crippen LogP contribution in [0.4, 0.5) is 4.39 Å². The Morgan fingerprint density at radius 2 is 2.04 bits per heavy atom. The van der Waals surface area contributed by atoms with E-state index in [4.69, 9.17) is 0 Å². The van der Waals surface area contributed by atoms with E-state index in [2.05, 4.69) is 30.2 Å². The maximum absolute atomic E-state index is 13.9. The number of alkyl halides is 1. The van der Waals surface area contributed by atoms with Gasteiger partial charge in [-0.15, -0.1) is 0 Å². The largest absolute Gasteiger partial charge is 0.347 e. The fourth-order valence-corrected chi connectivity index (χ4v) is 6.05.